The van der Waals surface area contributed by atoms with Crippen LogP contribution in [-0.2, 0) is 13.1 Å². The van der Waals surface area contributed by atoms with Crippen molar-refractivity contribution in [2.45, 2.75) is 32.1 Å². The van der Waals surface area contributed by atoms with Crippen LogP contribution in [0.2, 0.25) is 0 Å². The molecule has 6 nitrogen and oxygen atoms in total. The summed E-state index contributed by atoms with van der Waals surface area (Å²) >= 11 is 3.44. The molecule has 5 rings (SSSR count). The minimum atomic E-state index is -0.657. The van der Waals surface area contributed by atoms with Gasteiger partial charge in [0.2, 0.25) is 0 Å². The molecule has 0 spiro atoms. The zero-order valence-electron chi connectivity index (χ0n) is 16.3. The highest BCUT2D eigenvalue weighted by Gasteiger charge is 2.18. The molecule has 8 heteroatoms. The lowest BCUT2D eigenvalue weighted by atomic mass is 10.1. The zero-order valence-corrected chi connectivity index (χ0v) is 17.9. The third-order valence-corrected chi connectivity index (χ3v) is 6.30. The average Bonchev–Trinajstić information content (AvgIpc) is 3.14. The predicted octanol–water partition coefficient (Wildman–Crippen LogP) is 3.79. The Balaban J connectivity index is 1.38. The van der Waals surface area contributed by atoms with E-state index in [-0.39, 0.29) is 5.56 Å². The fourth-order valence-corrected chi connectivity index (χ4v) is 4.51. The van der Waals surface area contributed by atoms with Crippen LogP contribution in [0.3, 0.4) is 0 Å². The van der Waals surface area contributed by atoms with Gasteiger partial charge < -0.3 is 8.97 Å². The third-order valence-electron chi connectivity index (χ3n) is 5.67. The van der Waals surface area contributed by atoms with Crippen LogP contribution in [0.5, 0.6) is 0 Å². The zero-order chi connectivity index (χ0) is 20.7. The summed E-state index contributed by atoms with van der Waals surface area (Å²) < 4.78 is 17.8. The minimum Gasteiger partial charge on any atom is -0.309 e. The average molecular weight is 470 g/mol. The maximum atomic E-state index is 13.4. The molecule has 4 aromatic heterocycles. The number of fused-ring (bicyclic) bond motifs is 2. The number of alkyl halides is 1. The second-order valence-corrected chi connectivity index (χ2v) is 8.67. The largest absolute Gasteiger partial charge is 0.309 e. The summed E-state index contributed by atoms with van der Waals surface area (Å²) in [6.07, 6.45) is 9.68. The highest BCUT2D eigenvalue weighted by atomic mass is 79.9. The number of hydrogen-bond donors (Lipinski definition) is 0. The van der Waals surface area contributed by atoms with Gasteiger partial charge in [-0.15, -0.1) is 0 Å². The molecular weight excluding hydrogens is 449 g/mol. The highest BCUT2D eigenvalue weighted by Crippen LogP contribution is 2.20. The molecule has 154 valence electrons. The quantitative estimate of drug-likeness (QED) is 0.456. The number of pyridine rings is 3. The van der Waals surface area contributed by atoms with Gasteiger partial charge in [0.15, 0.2) is 0 Å². The standard InChI is InChI=1S/C22H21BrFN5O/c23-20-10-25-9-19-18(20)5-8-28(22(19)30)13-17-14-29-12-15(1-2-21(29)26-17)11-27-6-3-16(24)4-7-27/h1-2,5,8-10,12,14,16H,3-4,6-7,11,13H2. The minimum absolute atomic E-state index is 0.0877. The number of halogens is 2. The molecule has 4 aromatic rings. The number of piperidine rings is 1. The second kappa shape index (κ2) is 7.92. The molecule has 1 saturated heterocycles. The van der Waals surface area contributed by atoms with E-state index in [4.69, 9.17) is 0 Å². The maximum absolute atomic E-state index is 13.4. The Bertz CT molecular complexity index is 1280. The lowest BCUT2D eigenvalue weighted by Crippen LogP contribution is -2.33. The fraction of sp³-hybridized carbons (Fsp3) is 0.318. The van der Waals surface area contributed by atoms with E-state index in [0.29, 0.717) is 24.8 Å². The van der Waals surface area contributed by atoms with E-state index < -0.39 is 6.17 Å². The van der Waals surface area contributed by atoms with Gasteiger partial charge in [-0.3, -0.25) is 14.7 Å². The van der Waals surface area contributed by atoms with Crippen molar-refractivity contribution in [3.05, 3.63) is 75.3 Å². The van der Waals surface area contributed by atoms with E-state index in [2.05, 4.69) is 43.1 Å². The molecule has 1 aliphatic rings. The van der Waals surface area contributed by atoms with Crippen LogP contribution in [0.1, 0.15) is 24.1 Å². The van der Waals surface area contributed by atoms with E-state index >= 15 is 0 Å². The maximum Gasteiger partial charge on any atom is 0.260 e. The van der Waals surface area contributed by atoms with Crippen LogP contribution in [-0.4, -0.2) is 43.1 Å². The van der Waals surface area contributed by atoms with Crippen LogP contribution in [0.4, 0.5) is 4.39 Å². The van der Waals surface area contributed by atoms with Gasteiger partial charge in [-0.05, 0) is 46.5 Å². The second-order valence-electron chi connectivity index (χ2n) is 7.82. The lowest BCUT2D eigenvalue weighted by molar-refractivity contribution is 0.145. The summed E-state index contributed by atoms with van der Waals surface area (Å²) in [6.45, 7) is 2.79. The van der Waals surface area contributed by atoms with E-state index in [1.807, 2.05) is 22.7 Å². The molecule has 30 heavy (non-hydrogen) atoms. The van der Waals surface area contributed by atoms with E-state index in [1.54, 1.807) is 23.2 Å². The smallest absolute Gasteiger partial charge is 0.260 e. The molecule has 5 heterocycles. The molecular formula is C22H21BrFN5O. The number of hydrogen-bond acceptors (Lipinski definition) is 4. The first-order chi connectivity index (χ1) is 14.6. The Kier molecular flexibility index (Phi) is 5.12. The Hall–Kier alpha value is -2.58. The van der Waals surface area contributed by atoms with Crippen molar-refractivity contribution >= 4 is 32.3 Å². The molecule has 0 N–H and O–H groups in total. The van der Waals surface area contributed by atoms with Crippen LogP contribution >= 0.6 is 15.9 Å². The van der Waals surface area contributed by atoms with Gasteiger partial charge in [0.25, 0.3) is 5.56 Å². The van der Waals surface area contributed by atoms with Gasteiger partial charge in [0.05, 0.1) is 17.6 Å². The fourth-order valence-electron chi connectivity index (χ4n) is 4.05. The van der Waals surface area contributed by atoms with E-state index in [1.165, 1.54) is 5.56 Å². The SMILES string of the molecule is O=c1c2cncc(Br)c2ccn1Cc1cn2cc(CN3CCC(F)CC3)ccc2n1. The van der Waals surface area contributed by atoms with Crippen molar-refractivity contribution in [2.75, 3.05) is 13.1 Å². The van der Waals surface area contributed by atoms with Gasteiger partial charge in [-0.1, -0.05) is 6.07 Å². The first-order valence-corrected chi connectivity index (χ1v) is 10.8. The summed E-state index contributed by atoms with van der Waals surface area (Å²) in [5.74, 6) is 0. The van der Waals surface area contributed by atoms with Crippen LogP contribution in [0.25, 0.3) is 16.4 Å². The van der Waals surface area contributed by atoms with E-state index in [9.17, 15) is 9.18 Å². The summed E-state index contributed by atoms with van der Waals surface area (Å²) in [5, 5.41) is 1.43. The Morgan fingerprint density at radius 2 is 1.90 bits per heavy atom. The molecule has 0 saturated carbocycles. The molecule has 0 bridgehead atoms. The molecule has 1 fully saturated rings. The number of aromatic nitrogens is 4. The Morgan fingerprint density at radius 3 is 2.73 bits per heavy atom. The summed E-state index contributed by atoms with van der Waals surface area (Å²) in [4.78, 5) is 23.9. The molecule has 0 radical (unpaired) electrons. The van der Waals surface area contributed by atoms with Crippen molar-refractivity contribution in [1.29, 1.82) is 0 Å². The Morgan fingerprint density at radius 1 is 1.07 bits per heavy atom. The number of likely N-dealkylation sites (tertiary alicyclic amines) is 1. The number of imidazole rings is 1. The lowest BCUT2D eigenvalue weighted by Gasteiger charge is -2.28. The highest BCUT2D eigenvalue weighted by molar-refractivity contribution is 9.10. The molecule has 0 unspecified atom stereocenters. The van der Waals surface area contributed by atoms with Gasteiger partial charge >= 0.3 is 0 Å². The van der Waals surface area contributed by atoms with Crippen LogP contribution in [0, 0.1) is 0 Å². The molecule has 0 atom stereocenters. The van der Waals surface area contributed by atoms with Crippen molar-refractivity contribution in [2.24, 2.45) is 0 Å². The van der Waals surface area contributed by atoms with Gasteiger partial charge in [-0.25, -0.2) is 9.37 Å². The van der Waals surface area contributed by atoms with Crippen LogP contribution < -0.4 is 5.56 Å². The molecule has 0 amide bonds. The van der Waals surface area contributed by atoms with Gasteiger partial charge in [0.1, 0.15) is 11.8 Å². The van der Waals surface area contributed by atoms with Crippen molar-refractivity contribution in [1.82, 2.24) is 23.8 Å². The topological polar surface area (TPSA) is 55.4 Å². The third kappa shape index (κ3) is 3.77. The number of nitrogens with zero attached hydrogens (tertiary/aromatic N) is 5. The summed E-state index contributed by atoms with van der Waals surface area (Å²) in [6, 6.07) is 5.97. The summed E-state index contributed by atoms with van der Waals surface area (Å²) in [7, 11) is 0. The summed E-state index contributed by atoms with van der Waals surface area (Å²) in [5.41, 5.74) is 2.74. The Labute approximate surface area is 181 Å². The first kappa shape index (κ1) is 19.4. The first-order valence-electron chi connectivity index (χ1n) is 10.0. The van der Waals surface area contributed by atoms with Crippen molar-refractivity contribution in [3.8, 4) is 0 Å². The molecule has 0 aliphatic carbocycles. The van der Waals surface area contributed by atoms with Gasteiger partial charge in [-0.2, -0.15) is 0 Å². The van der Waals surface area contributed by atoms with Crippen LogP contribution in [0.15, 0.2) is 58.5 Å². The van der Waals surface area contributed by atoms with Crippen molar-refractivity contribution in [3.63, 3.8) is 0 Å². The monoisotopic (exact) mass is 469 g/mol. The number of rotatable bonds is 4. The predicted molar refractivity (Wildman–Crippen MR) is 117 cm³/mol. The van der Waals surface area contributed by atoms with E-state index in [0.717, 1.165) is 40.8 Å². The molecule has 1 aliphatic heterocycles. The van der Waals surface area contributed by atoms with Crippen molar-refractivity contribution < 1.29 is 4.39 Å². The molecule has 0 aromatic carbocycles. The normalized spacial score (nSPS) is 15.9. The van der Waals surface area contributed by atoms with Gasteiger partial charge in [0, 0.05) is 60.5 Å².